The summed E-state index contributed by atoms with van der Waals surface area (Å²) in [5.74, 6) is 0. The molecule has 0 saturated heterocycles. The van der Waals surface area contributed by atoms with Crippen LogP contribution in [0.1, 0.15) is 0 Å². The van der Waals surface area contributed by atoms with Crippen LogP contribution in [0.4, 0.5) is 0 Å². The molecule has 0 rings (SSSR count). The molecule has 4 heteroatoms. The van der Waals surface area contributed by atoms with Crippen LogP contribution in [0.25, 0.3) is 0 Å². The first kappa shape index (κ1) is 6.58. The molecule has 0 aliphatic heterocycles. The molecule has 0 heterocycles. The summed E-state index contributed by atoms with van der Waals surface area (Å²) in [5.41, 5.74) is 0. The van der Waals surface area contributed by atoms with E-state index in [-0.39, 0.29) is 0 Å². The Morgan fingerprint density at radius 2 is 2.33 bits per heavy atom. The Hall–Kier alpha value is 0.580. The van der Waals surface area contributed by atoms with Crippen LogP contribution >= 0.6 is 22.6 Å². The molecule has 0 aromatic heterocycles. The van der Waals surface area contributed by atoms with Gasteiger partial charge in [0.1, 0.15) is 0 Å². The van der Waals surface area contributed by atoms with Crippen LogP contribution in [-0.2, 0) is 11.1 Å². The van der Waals surface area contributed by atoms with E-state index in [0.29, 0.717) is 0 Å². The van der Waals surface area contributed by atoms with E-state index in [1.807, 2.05) is 22.6 Å². The van der Waals surface area contributed by atoms with E-state index in [1.54, 1.807) is 0 Å². The molecule has 0 radical (unpaired) electrons. The van der Waals surface area contributed by atoms with Crippen molar-refractivity contribution in [2.75, 3.05) is 0 Å². The number of hydrogen-bond acceptors (Lipinski definition) is 1. The molecule has 36 valence electrons. The van der Waals surface area contributed by atoms with Gasteiger partial charge >= 0.3 is 0 Å². The van der Waals surface area contributed by atoms with E-state index in [9.17, 15) is 4.21 Å². The second-order valence-electron chi connectivity index (χ2n) is 0.538. The van der Waals surface area contributed by atoms with Crippen molar-refractivity contribution in [2.45, 2.75) is 0 Å². The van der Waals surface area contributed by atoms with Crippen LogP contribution in [0.5, 0.6) is 0 Å². The van der Waals surface area contributed by atoms with Gasteiger partial charge in [-0.3, -0.25) is 0 Å². The van der Waals surface area contributed by atoms with Gasteiger partial charge in [-0.15, -0.1) is 0 Å². The van der Waals surface area contributed by atoms with Gasteiger partial charge in [0.2, 0.25) is 0 Å². The third-order valence-electron chi connectivity index (χ3n) is 0.168. The van der Waals surface area contributed by atoms with Crippen LogP contribution in [0, 0.1) is 0 Å². The summed E-state index contributed by atoms with van der Waals surface area (Å²) < 4.78 is 19.0. The number of rotatable bonds is 1. The maximum atomic E-state index is 9.62. The van der Waals surface area contributed by atoms with Crippen LogP contribution in [0.2, 0.25) is 0 Å². The molecule has 0 fully saturated rings. The molecule has 0 aromatic carbocycles. The first-order valence-electron chi connectivity index (χ1n) is 1.14. The van der Waals surface area contributed by atoms with Gasteiger partial charge in [-0.1, -0.05) is 22.6 Å². The van der Waals surface area contributed by atoms with Gasteiger partial charge in [0, 0.05) is 5.41 Å². The van der Waals surface area contributed by atoms with Crippen molar-refractivity contribution in [3.8, 4) is 0 Å². The van der Waals surface area contributed by atoms with Crippen molar-refractivity contribution < 1.29 is 8.76 Å². The van der Waals surface area contributed by atoms with Crippen LogP contribution < -0.4 is 0 Å². The van der Waals surface area contributed by atoms with Crippen LogP contribution in [0.3, 0.4) is 0 Å². The van der Waals surface area contributed by atoms with Crippen molar-refractivity contribution in [3.05, 3.63) is 9.49 Å². The lowest BCUT2D eigenvalue weighted by atomic mass is 11.3. The van der Waals surface area contributed by atoms with E-state index in [0.717, 1.165) is 0 Å². The predicted octanol–water partition coefficient (Wildman–Crippen LogP) is 1.11. The van der Waals surface area contributed by atoms with Gasteiger partial charge in [-0.25, -0.2) is 4.21 Å². The molecule has 2 nitrogen and oxygen atoms in total. The van der Waals surface area contributed by atoms with E-state index in [1.165, 1.54) is 9.49 Å². The Labute approximate surface area is 52.1 Å². The van der Waals surface area contributed by atoms with E-state index >= 15 is 0 Å². The Morgan fingerprint density at radius 3 is 2.33 bits per heavy atom. The maximum absolute atomic E-state index is 9.62. The second kappa shape index (κ2) is 3.76. The number of hydrogen-bond donors (Lipinski definition) is 1. The molecule has 0 aliphatic carbocycles. The quantitative estimate of drug-likeness (QED) is 0.528. The predicted molar refractivity (Wildman–Crippen MR) is 33.9 cm³/mol. The van der Waals surface area contributed by atoms with Gasteiger partial charge in [0.15, 0.2) is 11.1 Å². The Morgan fingerprint density at radius 1 is 1.83 bits per heavy atom. The first-order chi connectivity index (χ1) is 2.77. The van der Waals surface area contributed by atoms with Gasteiger partial charge in [0.05, 0.1) is 0 Å². The van der Waals surface area contributed by atoms with Crippen molar-refractivity contribution in [2.24, 2.45) is 0 Å². The van der Waals surface area contributed by atoms with Crippen LogP contribution in [-0.4, -0.2) is 8.76 Å². The lowest BCUT2D eigenvalue weighted by molar-refractivity contribution is 0.574. The summed E-state index contributed by atoms with van der Waals surface area (Å²) in [4.78, 5) is 0. The van der Waals surface area contributed by atoms with E-state index in [4.69, 9.17) is 4.55 Å². The highest BCUT2D eigenvalue weighted by molar-refractivity contribution is 14.1. The first-order valence-corrected chi connectivity index (χ1v) is 3.55. The zero-order valence-corrected chi connectivity index (χ0v) is 5.77. The average molecular weight is 218 g/mol. The largest absolute Gasteiger partial charge is 0.303 e. The van der Waals surface area contributed by atoms with Gasteiger partial charge in [-0.05, 0) is 4.08 Å². The highest BCUT2D eigenvalue weighted by atomic mass is 127. The molecule has 0 aliphatic rings. The normalized spacial score (nSPS) is 15.7. The lowest BCUT2D eigenvalue weighted by Gasteiger charge is -1.68. The van der Waals surface area contributed by atoms with Gasteiger partial charge in [0.25, 0.3) is 0 Å². The Balaban J connectivity index is 3.30. The average Bonchev–Trinajstić information content (AvgIpc) is 1.35. The molecule has 1 atom stereocenters. The van der Waals surface area contributed by atoms with E-state index < -0.39 is 11.1 Å². The monoisotopic (exact) mass is 218 g/mol. The molecule has 0 bridgehead atoms. The minimum atomic E-state index is -1.75. The summed E-state index contributed by atoms with van der Waals surface area (Å²) >= 11 is 0.115. The fraction of sp³-hybridized carbons (Fsp3) is 0. The third kappa shape index (κ3) is 4.58. The molecule has 0 spiro atoms. The summed E-state index contributed by atoms with van der Waals surface area (Å²) in [5, 5.41) is 1.18. The van der Waals surface area contributed by atoms with E-state index in [2.05, 4.69) is 0 Å². The van der Waals surface area contributed by atoms with Crippen molar-refractivity contribution in [1.82, 2.24) is 0 Å². The smallest absolute Gasteiger partial charge is 0.179 e. The molecule has 0 amide bonds. The Kier molecular flexibility index (Phi) is 4.12. The zero-order chi connectivity index (χ0) is 4.99. The fourth-order valence-corrected chi connectivity index (χ4v) is 0.885. The maximum Gasteiger partial charge on any atom is 0.179 e. The van der Waals surface area contributed by atoms with Crippen molar-refractivity contribution in [1.29, 1.82) is 0 Å². The molecule has 1 N–H and O–H groups in total. The summed E-state index contributed by atoms with van der Waals surface area (Å²) in [6.45, 7) is 0. The SMILES string of the molecule is O=S(O)/C=C/I. The fourth-order valence-electron chi connectivity index (χ4n) is 0.0440. The summed E-state index contributed by atoms with van der Waals surface area (Å²) in [6.07, 6.45) is 0. The highest BCUT2D eigenvalue weighted by Gasteiger charge is 1.73. The standard InChI is InChI=1S/C2H3IO2S/c3-1-2-6(4)5/h1-2H,(H,4,5)/b2-1+. The third-order valence-corrected chi connectivity index (χ3v) is 1.38. The lowest BCUT2D eigenvalue weighted by Crippen LogP contribution is -1.72. The summed E-state index contributed by atoms with van der Waals surface area (Å²) in [6, 6.07) is 0. The van der Waals surface area contributed by atoms with Crippen molar-refractivity contribution >= 4 is 33.7 Å². The van der Waals surface area contributed by atoms with Crippen LogP contribution in [0.15, 0.2) is 9.49 Å². The molecule has 1 unspecified atom stereocenters. The van der Waals surface area contributed by atoms with Crippen molar-refractivity contribution in [3.63, 3.8) is 0 Å². The molecule has 0 saturated carbocycles. The van der Waals surface area contributed by atoms with Gasteiger partial charge < -0.3 is 4.55 Å². The number of halogens is 1. The molecule has 6 heavy (non-hydrogen) atoms. The Bertz CT molecular complexity index is 79.6. The molecular formula is C2H3IO2S. The van der Waals surface area contributed by atoms with Gasteiger partial charge in [-0.2, -0.15) is 0 Å². The minimum absolute atomic E-state index is 1.18. The molecule has 0 aromatic rings. The minimum Gasteiger partial charge on any atom is -0.303 e. The topological polar surface area (TPSA) is 37.3 Å². The highest BCUT2D eigenvalue weighted by Crippen LogP contribution is 1.84. The molecular weight excluding hydrogens is 215 g/mol. The zero-order valence-electron chi connectivity index (χ0n) is 2.80. The summed E-state index contributed by atoms with van der Waals surface area (Å²) in [7, 11) is 0. The second-order valence-corrected chi connectivity index (χ2v) is 2.08.